The molecule has 5 nitrogen and oxygen atoms in total. The molecule has 2 rings (SSSR count). The van der Waals surface area contributed by atoms with Crippen LogP contribution in [0.3, 0.4) is 0 Å². The number of anilines is 2. The van der Waals surface area contributed by atoms with Gasteiger partial charge in [0, 0.05) is 18.3 Å². The van der Waals surface area contributed by atoms with Crippen LogP contribution >= 0.6 is 11.6 Å². The summed E-state index contributed by atoms with van der Waals surface area (Å²) in [5.74, 6) is 0.254. The highest BCUT2D eigenvalue weighted by Crippen LogP contribution is 2.29. The second-order valence-corrected chi connectivity index (χ2v) is 6.62. The smallest absolute Gasteiger partial charge is 0.244 e. The average Bonchev–Trinajstić information content (AvgIpc) is 2.59. The van der Waals surface area contributed by atoms with Crippen LogP contribution in [0.4, 0.5) is 11.4 Å². The van der Waals surface area contributed by atoms with Crippen molar-refractivity contribution in [3.05, 3.63) is 53.1 Å². The fourth-order valence-corrected chi connectivity index (χ4v) is 2.91. The number of rotatable bonds is 6. The van der Waals surface area contributed by atoms with E-state index in [2.05, 4.69) is 19.2 Å². The number of nitrogens with one attached hydrogen (secondary N) is 1. The van der Waals surface area contributed by atoms with Crippen LogP contribution in [0.25, 0.3) is 0 Å². The third kappa shape index (κ3) is 4.76. The molecule has 0 unspecified atom stereocenters. The molecular weight excluding hydrogens is 352 g/mol. The van der Waals surface area contributed by atoms with Crippen LogP contribution in [0.2, 0.25) is 5.02 Å². The summed E-state index contributed by atoms with van der Waals surface area (Å²) < 4.78 is 5.12. The molecule has 26 heavy (non-hydrogen) atoms. The van der Waals surface area contributed by atoms with Crippen molar-refractivity contribution in [3.8, 4) is 5.75 Å². The van der Waals surface area contributed by atoms with Crippen molar-refractivity contribution in [3.63, 3.8) is 0 Å². The first-order chi connectivity index (χ1) is 12.3. The normalized spacial score (nSPS) is 10.5. The van der Waals surface area contributed by atoms with Crippen molar-refractivity contribution >= 4 is 34.8 Å². The molecule has 0 aliphatic carbocycles. The van der Waals surface area contributed by atoms with Gasteiger partial charge in [0.15, 0.2) is 0 Å². The summed E-state index contributed by atoms with van der Waals surface area (Å²) in [4.78, 5) is 25.9. The summed E-state index contributed by atoms with van der Waals surface area (Å²) in [6.07, 6.45) is 0. The Labute approximate surface area is 158 Å². The number of halogens is 1. The van der Waals surface area contributed by atoms with Gasteiger partial charge in [0.2, 0.25) is 11.8 Å². The lowest BCUT2D eigenvalue weighted by Gasteiger charge is -2.22. The molecule has 2 amide bonds. The summed E-state index contributed by atoms with van der Waals surface area (Å²) >= 11 is 6.14. The Morgan fingerprint density at radius 2 is 1.88 bits per heavy atom. The van der Waals surface area contributed by atoms with Crippen molar-refractivity contribution in [2.24, 2.45) is 0 Å². The van der Waals surface area contributed by atoms with E-state index in [1.54, 1.807) is 18.2 Å². The summed E-state index contributed by atoms with van der Waals surface area (Å²) in [6, 6.07) is 12.6. The molecule has 0 bridgehead atoms. The van der Waals surface area contributed by atoms with E-state index in [0.717, 1.165) is 11.3 Å². The number of carbonyl (C=O) groups is 2. The molecular formula is C20H23ClN2O3. The molecule has 6 heteroatoms. The highest BCUT2D eigenvalue weighted by molar-refractivity contribution is 6.32. The summed E-state index contributed by atoms with van der Waals surface area (Å²) in [5.41, 5.74) is 2.34. The first-order valence-corrected chi connectivity index (χ1v) is 8.71. The number of hydrogen-bond donors (Lipinski definition) is 1. The first kappa shape index (κ1) is 19.8. The Morgan fingerprint density at radius 1 is 1.19 bits per heavy atom. The maximum Gasteiger partial charge on any atom is 0.244 e. The van der Waals surface area contributed by atoms with E-state index in [4.69, 9.17) is 16.3 Å². The standard InChI is InChI=1S/C20H23ClN2O3/c1-13(2)16-7-5-6-8-18(16)22-20(25)12-23(14(3)24)15-9-10-19(26-4)17(21)11-15/h5-11,13H,12H2,1-4H3,(H,22,25). The van der Waals surface area contributed by atoms with E-state index in [1.807, 2.05) is 24.3 Å². The van der Waals surface area contributed by atoms with E-state index in [-0.39, 0.29) is 24.3 Å². The van der Waals surface area contributed by atoms with Gasteiger partial charge in [-0.25, -0.2) is 0 Å². The maximum atomic E-state index is 12.5. The molecule has 1 N–H and O–H groups in total. The molecule has 2 aromatic carbocycles. The van der Waals surface area contributed by atoms with Gasteiger partial charge in [-0.2, -0.15) is 0 Å². The zero-order chi connectivity index (χ0) is 19.3. The molecule has 0 saturated heterocycles. The van der Waals surface area contributed by atoms with Crippen molar-refractivity contribution in [1.82, 2.24) is 0 Å². The lowest BCUT2D eigenvalue weighted by molar-refractivity contribution is -0.120. The van der Waals surface area contributed by atoms with Crippen LogP contribution < -0.4 is 15.0 Å². The van der Waals surface area contributed by atoms with Gasteiger partial charge in [0.05, 0.1) is 12.1 Å². The highest BCUT2D eigenvalue weighted by atomic mass is 35.5. The molecule has 2 aromatic rings. The lowest BCUT2D eigenvalue weighted by Crippen LogP contribution is -2.36. The monoisotopic (exact) mass is 374 g/mol. The largest absolute Gasteiger partial charge is 0.495 e. The predicted octanol–water partition coefficient (Wildman–Crippen LogP) is 4.46. The van der Waals surface area contributed by atoms with Gasteiger partial charge >= 0.3 is 0 Å². The van der Waals surface area contributed by atoms with Crippen molar-refractivity contribution in [2.75, 3.05) is 23.9 Å². The van der Waals surface area contributed by atoms with Crippen LogP contribution in [0.1, 0.15) is 32.3 Å². The van der Waals surface area contributed by atoms with E-state index >= 15 is 0 Å². The SMILES string of the molecule is COc1ccc(N(CC(=O)Nc2ccccc2C(C)C)C(C)=O)cc1Cl. The van der Waals surface area contributed by atoms with Gasteiger partial charge in [-0.05, 0) is 35.7 Å². The minimum atomic E-state index is -0.278. The molecule has 0 aromatic heterocycles. The fourth-order valence-electron chi connectivity index (χ4n) is 2.66. The molecule has 0 fully saturated rings. The molecule has 0 heterocycles. The van der Waals surface area contributed by atoms with Gasteiger partial charge in [0.1, 0.15) is 12.3 Å². The van der Waals surface area contributed by atoms with Crippen LogP contribution in [0.15, 0.2) is 42.5 Å². The Balaban J connectivity index is 2.19. The lowest BCUT2D eigenvalue weighted by atomic mass is 10.0. The van der Waals surface area contributed by atoms with Crippen molar-refractivity contribution in [2.45, 2.75) is 26.7 Å². The number of carbonyl (C=O) groups excluding carboxylic acids is 2. The van der Waals surface area contributed by atoms with Gasteiger partial charge in [0.25, 0.3) is 0 Å². The Kier molecular flexibility index (Phi) is 6.64. The van der Waals surface area contributed by atoms with Gasteiger partial charge in [-0.15, -0.1) is 0 Å². The third-order valence-electron chi connectivity index (χ3n) is 3.99. The molecule has 0 saturated carbocycles. The molecule has 0 atom stereocenters. The Morgan fingerprint density at radius 3 is 2.46 bits per heavy atom. The van der Waals surface area contributed by atoms with E-state index < -0.39 is 0 Å². The highest BCUT2D eigenvalue weighted by Gasteiger charge is 2.18. The number of ether oxygens (including phenoxy) is 1. The van der Waals surface area contributed by atoms with Crippen LogP contribution in [-0.4, -0.2) is 25.5 Å². The second-order valence-electron chi connectivity index (χ2n) is 6.21. The molecule has 138 valence electrons. The zero-order valence-corrected chi connectivity index (χ0v) is 16.1. The van der Waals surface area contributed by atoms with E-state index in [1.165, 1.54) is 18.9 Å². The fraction of sp³-hybridized carbons (Fsp3) is 0.300. The van der Waals surface area contributed by atoms with Gasteiger partial charge in [-0.1, -0.05) is 43.6 Å². The minimum absolute atomic E-state index is 0.107. The number of para-hydroxylation sites is 1. The van der Waals surface area contributed by atoms with Gasteiger partial charge < -0.3 is 15.0 Å². The Hall–Kier alpha value is -2.53. The summed E-state index contributed by atoms with van der Waals surface area (Å²) in [7, 11) is 1.52. The van der Waals surface area contributed by atoms with Crippen molar-refractivity contribution < 1.29 is 14.3 Å². The molecule has 0 radical (unpaired) electrons. The summed E-state index contributed by atoms with van der Waals surface area (Å²) in [5, 5.41) is 3.27. The first-order valence-electron chi connectivity index (χ1n) is 8.34. The van der Waals surface area contributed by atoms with Crippen LogP contribution in [0.5, 0.6) is 5.75 Å². The number of hydrogen-bond acceptors (Lipinski definition) is 3. The van der Waals surface area contributed by atoms with Crippen LogP contribution in [0, 0.1) is 0 Å². The molecule has 0 aliphatic rings. The molecule has 0 aliphatic heterocycles. The zero-order valence-electron chi connectivity index (χ0n) is 15.4. The van der Waals surface area contributed by atoms with Crippen molar-refractivity contribution in [1.29, 1.82) is 0 Å². The van der Waals surface area contributed by atoms with Gasteiger partial charge in [-0.3, -0.25) is 9.59 Å². The number of methoxy groups -OCH3 is 1. The predicted molar refractivity (Wildman–Crippen MR) is 105 cm³/mol. The van der Waals surface area contributed by atoms with E-state index in [9.17, 15) is 9.59 Å². The van der Waals surface area contributed by atoms with Crippen LogP contribution in [-0.2, 0) is 9.59 Å². The Bertz CT molecular complexity index is 805. The van der Waals surface area contributed by atoms with E-state index in [0.29, 0.717) is 16.5 Å². The number of benzene rings is 2. The minimum Gasteiger partial charge on any atom is -0.495 e. The third-order valence-corrected chi connectivity index (χ3v) is 4.28. The molecule has 0 spiro atoms. The summed E-state index contributed by atoms with van der Waals surface area (Å²) in [6.45, 7) is 5.43. The maximum absolute atomic E-state index is 12.5. The number of nitrogens with zero attached hydrogens (tertiary/aromatic N) is 1. The quantitative estimate of drug-likeness (QED) is 0.811. The number of amides is 2. The average molecular weight is 375 g/mol. The topological polar surface area (TPSA) is 58.6 Å². The second kappa shape index (κ2) is 8.72.